The summed E-state index contributed by atoms with van der Waals surface area (Å²) in [4.78, 5) is 10.4. The number of hydrogen-bond donors (Lipinski definition) is 2. The number of aromatic hydroxyl groups is 1. The first kappa shape index (κ1) is 12.3. The van der Waals surface area contributed by atoms with Crippen molar-refractivity contribution in [1.82, 2.24) is 0 Å². The molecule has 0 aromatic heterocycles. The summed E-state index contributed by atoms with van der Waals surface area (Å²) >= 11 is 0. The molecule has 0 atom stereocenters. The summed E-state index contributed by atoms with van der Waals surface area (Å²) in [6.07, 6.45) is 0.0711. The van der Waals surface area contributed by atoms with Gasteiger partial charge in [0.15, 0.2) is 17.3 Å². The van der Waals surface area contributed by atoms with Gasteiger partial charge in [-0.1, -0.05) is 0 Å². The van der Waals surface area contributed by atoms with Crippen LogP contribution < -0.4 is 4.74 Å². The van der Waals surface area contributed by atoms with Crippen molar-refractivity contribution in [3.63, 3.8) is 0 Å². The monoisotopic (exact) mass is 228 g/mol. The van der Waals surface area contributed by atoms with E-state index in [2.05, 4.69) is 0 Å². The highest BCUT2D eigenvalue weighted by molar-refractivity contribution is 5.67. The molecule has 0 aliphatic rings. The van der Waals surface area contributed by atoms with Crippen LogP contribution in [-0.2, 0) is 11.2 Å². The van der Waals surface area contributed by atoms with Crippen LogP contribution >= 0.6 is 0 Å². The summed E-state index contributed by atoms with van der Waals surface area (Å²) in [5, 5.41) is 18.1. The molecule has 0 bridgehead atoms. The summed E-state index contributed by atoms with van der Waals surface area (Å²) < 4.78 is 18.1. The minimum Gasteiger partial charge on any atom is -0.504 e. The summed E-state index contributed by atoms with van der Waals surface area (Å²) in [5.41, 5.74) is 0.915. The Morgan fingerprint density at radius 3 is 2.69 bits per heavy atom. The third kappa shape index (κ3) is 2.42. The number of hydrogen-bond acceptors (Lipinski definition) is 3. The van der Waals surface area contributed by atoms with Gasteiger partial charge in [0.25, 0.3) is 0 Å². The molecule has 0 spiro atoms. The lowest BCUT2D eigenvalue weighted by Gasteiger charge is -2.11. The summed E-state index contributed by atoms with van der Waals surface area (Å²) in [5.74, 6) is -2.14. The number of halogens is 1. The van der Waals surface area contributed by atoms with E-state index in [-0.39, 0.29) is 24.3 Å². The van der Waals surface area contributed by atoms with Gasteiger partial charge in [0, 0.05) is 6.42 Å². The largest absolute Gasteiger partial charge is 0.504 e. The highest BCUT2D eigenvalue weighted by atomic mass is 19.1. The Kier molecular flexibility index (Phi) is 3.71. The Morgan fingerprint density at radius 2 is 2.19 bits per heavy atom. The highest BCUT2D eigenvalue weighted by Crippen LogP contribution is 2.34. The van der Waals surface area contributed by atoms with Crippen molar-refractivity contribution >= 4 is 5.97 Å². The number of phenols is 1. The second-order valence-corrected chi connectivity index (χ2v) is 3.42. The van der Waals surface area contributed by atoms with Crippen molar-refractivity contribution in [2.45, 2.75) is 19.8 Å². The molecule has 0 fully saturated rings. The first-order chi connectivity index (χ1) is 7.47. The van der Waals surface area contributed by atoms with Crippen LogP contribution in [0.25, 0.3) is 0 Å². The molecule has 0 saturated heterocycles. The van der Waals surface area contributed by atoms with Crippen LogP contribution in [0.5, 0.6) is 11.5 Å². The Balaban J connectivity index is 3.08. The maximum Gasteiger partial charge on any atom is 0.303 e. The van der Waals surface area contributed by atoms with Gasteiger partial charge in [0.05, 0.1) is 7.11 Å². The lowest BCUT2D eigenvalue weighted by Crippen LogP contribution is -2.01. The van der Waals surface area contributed by atoms with Crippen LogP contribution in [0.1, 0.15) is 17.5 Å². The van der Waals surface area contributed by atoms with E-state index in [1.807, 2.05) is 0 Å². The van der Waals surface area contributed by atoms with E-state index < -0.39 is 11.8 Å². The first-order valence-corrected chi connectivity index (χ1v) is 4.74. The Labute approximate surface area is 92.3 Å². The highest BCUT2D eigenvalue weighted by Gasteiger charge is 2.15. The van der Waals surface area contributed by atoms with Crippen molar-refractivity contribution in [2.75, 3.05) is 7.11 Å². The number of phenolic OH excluding ortho intramolecular Hbond substituents is 1. The van der Waals surface area contributed by atoms with Crippen molar-refractivity contribution in [2.24, 2.45) is 0 Å². The molecule has 1 rings (SSSR count). The SMILES string of the molecule is COc1c(F)cc(CCC(=O)O)c(C)c1O. The summed E-state index contributed by atoms with van der Waals surface area (Å²) in [7, 11) is 1.26. The number of methoxy groups -OCH3 is 1. The van der Waals surface area contributed by atoms with Gasteiger partial charge in [-0.2, -0.15) is 0 Å². The third-order valence-corrected chi connectivity index (χ3v) is 2.38. The van der Waals surface area contributed by atoms with Gasteiger partial charge in [-0.3, -0.25) is 4.79 Å². The second-order valence-electron chi connectivity index (χ2n) is 3.42. The fraction of sp³-hybridized carbons (Fsp3) is 0.364. The Hall–Kier alpha value is -1.78. The second kappa shape index (κ2) is 4.83. The van der Waals surface area contributed by atoms with Gasteiger partial charge in [0.1, 0.15) is 0 Å². The number of aliphatic carboxylic acids is 1. The molecule has 16 heavy (non-hydrogen) atoms. The van der Waals surface area contributed by atoms with E-state index in [0.717, 1.165) is 0 Å². The molecule has 0 unspecified atom stereocenters. The van der Waals surface area contributed by atoms with Crippen LogP contribution in [0.15, 0.2) is 6.07 Å². The molecule has 5 heteroatoms. The quantitative estimate of drug-likeness (QED) is 0.825. The fourth-order valence-electron chi connectivity index (χ4n) is 1.46. The average Bonchev–Trinajstić information content (AvgIpc) is 2.22. The van der Waals surface area contributed by atoms with Crippen molar-refractivity contribution in [1.29, 1.82) is 0 Å². The van der Waals surface area contributed by atoms with Gasteiger partial charge in [-0.25, -0.2) is 4.39 Å². The lowest BCUT2D eigenvalue weighted by atomic mass is 10.0. The van der Waals surface area contributed by atoms with Crippen LogP contribution in [0.3, 0.4) is 0 Å². The van der Waals surface area contributed by atoms with Gasteiger partial charge < -0.3 is 14.9 Å². The molecule has 0 aliphatic heterocycles. The molecule has 1 aromatic rings. The number of carboxylic acid groups (broad SMARTS) is 1. The maximum absolute atomic E-state index is 13.4. The zero-order valence-electron chi connectivity index (χ0n) is 9.08. The predicted molar refractivity (Wildman–Crippen MR) is 55.3 cm³/mol. The number of rotatable bonds is 4. The van der Waals surface area contributed by atoms with Gasteiger partial charge in [-0.15, -0.1) is 0 Å². The van der Waals surface area contributed by atoms with Crippen molar-refractivity contribution in [3.05, 3.63) is 23.0 Å². The number of aryl methyl sites for hydroxylation is 1. The normalized spacial score (nSPS) is 10.2. The van der Waals surface area contributed by atoms with Crippen LogP contribution in [-0.4, -0.2) is 23.3 Å². The zero-order valence-corrected chi connectivity index (χ0v) is 9.08. The summed E-state index contributed by atoms with van der Waals surface area (Å²) in [6.45, 7) is 1.59. The first-order valence-electron chi connectivity index (χ1n) is 4.74. The van der Waals surface area contributed by atoms with Crippen LogP contribution in [0, 0.1) is 12.7 Å². The Bertz CT molecular complexity index is 415. The molecule has 2 N–H and O–H groups in total. The molecule has 4 nitrogen and oxygen atoms in total. The number of carboxylic acids is 1. The Morgan fingerprint density at radius 1 is 1.56 bits per heavy atom. The smallest absolute Gasteiger partial charge is 0.303 e. The molecule has 0 heterocycles. The molecule has 0 amide bonds. The van der Waals surface area contributed by atoms with Crippen molar-refractivity contribution in [3.8, 4) is 11.5 Å². The van der Waals surface area contributed by atoms with Gasteiger partial charge in [-0.05, 0) is 30.5 Å². The van der Waals surface area contributed by atoms with E-state index in [0.29, 0.717) is 11.1 Å². The number of ether oxygens (including phenoxy) is 1. The summed E-state index contributed by atoms with van der Waals surface area (Å²) in [6, 6.07) is 1.19. The van der Waals surface area contributed by atoms with Gasteiger partial charge >= 0.3 is 5.97 Å². The maximum atomic E-state index is 13.4. The minimum absolute atomic E-state index is 0.105. The van der Waals surface area contributed by atoms with Crippen LogP contribution in [0.2, 0.25) is 0 Å². The van der Waals surface area contributed by atoms with E-state index in [9.17, 15) is 14.3 Å². The predicted octanol–water partition coefficient (Wildman–Crippen LogP) is 1.87. The lowest BCUT2D eigenvalue weighted by molar-refractivity contribution is -0.136. The van der Waals surface area contributed by atoms with Gasteiger partial charge in [0.2, 0.25) is 0 Å². The zero-order chi connectivity index (χ0) is 12.3. The van der Waals surface area contributed by atoms with Crippen molar-refractivity contribution < 1.29 is 24.1 Å². The standard InChI is InChI=1S/C11H13FO4/c1-6-7(3-4-9(13)14)5-8(12)11(16-2)10(6)15/h5,15H,3-4H2,1-2H3,(H,13,14). The molecule has 1 aromatic carbocycles. The fourth-order valence-corrected chi connectivity index (χ4v) is 1.46. The molecule has 0 aliphatic carbocycles. The van der Waals surface area contributed by atoms with E-state index in [4.69, 9.17) is 9.84 Å². The molecule has 88 valence electrons. The van der Waals surface area contributed by atoms with E-state index in [1.54, 1.807) is 6.92 Å². The molecular formula is C11H13FO4. The topological polar surface area (TPSA) is 66.8 Å². The number of benzene rings is 1. The molecule has 0 saturated carbocycles. The number of carbonyl (C=O) groups is 1. The molecule has 0 radical (unpaired) electrons. The molecular weight excluding hydrogens is 215 g/mol. The third-order valence-electron chi connectivity index (χ3n) is 2.38. The van der Waals surface area contributed by atoms with Crippen LogP contribution in [0.4, 0.5) is 4.39 Å². The van der Waals surface area contributed by atoms with E-state index in [1.165, 1.54) is 13.2 Å². The average molecular weight is 228 g/mol. The minimum atomic E-state index is -0.963. The van der Waals surface area contributed by atoms with E-state index >= 15 is 0 Å².